The van der Waals surface area contributed by atoms with E-state index in [-0.39, 0.29) is 5.91 Å². The number of amides is 1. The lowest BCUT2D eigenvalue weighted by Crippen LogP contribution is -2.42. The first-order valence-corrected chi connectivity index (χ1v) is 9.49. The van der Waals surface area contributed by atoms with Crippen LogP contribution in [0.15, 0.2) is 42.2 Å². The van der Waals surface area contributed by atoms with E-state index in [1.807, 2.05) is 4.90 Å². The van der Waals surface area contributed by atoms with E-state index in [2.05, 4.69) is 46.5 Å². The van der Waals surface area contributed by atoms with Gasteiger partial charge in [0.15, 0.2) is 0 Å². The highest BCUT2D eigenvalue weighted by molar-refractivity contribution is 5.83. The van der Waals surface area contributed by atoms with Gasteiger partial charge in [0.25, 0.3) is 0 Å². The number of para-hydroxylation sites is 1. The fraction of sp³-hybridized carbons (Fsp3) is 0.476. The quantitative estimate of drug-likeness (QED) is 0.918. The van der Waals surface area contributed by atoms with Gasteiger partial charge in [-0.2, -0.15) is 0 Å². The van der Waals surface area contributed by atoms with Gasteiger partial charge in [0.1, 0.15) is 0 Å². The zero-order valence-corrected chi connectivity index (χ0v) is 15.0. The molecule has 1 aromatic carbocycles. The number of likely N-dealkylation sites (tertiary alicyclic amines) is 1. The monoisotopic (exact) mass is 337 g/mol. The summed E-state index contributed by atoms with van der Waals surface area (Å²) < 4.78 is 0. The van der Waals surface area contributed by atoms with Crippen LogP contribution < -0.4 is 0 Å². The molecular weight excluding hydrogens is 310 g/mol. The zero-order chi connectivity index (χ0) is 17.2. The van der Waals surface area contributed by atoms with Gasteiger partial charge in [0.05, 0.1) is 0 Å². The number of benzene rings is 1. The van der Waals surface area contributed by atoms with Gasteiger partial charge in [0, 0.05) is 49.4 Å². The molecule has 1 atom stereocenters. The third-order valence-electron chi connectivity index (χ3n) is 5.68. The lowest BCUT2D eigenvalue weighted by molar-refractivity contribution is -0.126. The fourth-order valence-electron chi connectivity index (χ4n) is 4.37. The minimum atomic E-state index is 0.163. The third-order valence-corrected chi connectivity index (χ3v) is 5.68. The number of carbonyl (C=O) groups excluding carboxylic acids is 1. The van der Waals surface area contributed by atoms with Crippen LogP contribution >= 0.6 is 0 Å². The molecule has 0 spiro atoms. The number of nitrogens with one attached hydrogen (secondary N) is 1. The largest absolute Gasteiger partial charge is 0.361 e. The van der Waals surface area contributed by atoms with Crippen LogP contribution in [0.4, 0.5) is 0 Å². The van der Waals surface area contributed by atoms with Crippen LogP contribution in [-0.4, -0.2) is 39.8 Å². The van der Waals surface area contributed by atoms with Crippen molar-refractivity contribution in [1.29, 1.82) is 0 Å². The predicted octanol–water partition coefficient (Wildman–Crippen LogP) is 4.05. The van der Waals surface area contributed by atoms with Crippen LogP contribution in [0.2, 0.25) is 0 Å². The van der Waals surface area contributed by atoms with Crippen LogP contribution in [0.25, 0.3) is 10.9 Å². The van der Waals surface area contributed by atoms with Crippen molar-refractivity contribution in [2.75, 3.05) is 13.1 Å². The van der Waals surface area contributed by atoms with Gasteiger partial charge in [0.2, 0.25) is 5.91 Å². The molecule has 0 saturated carbocycles. The number of hydrogen-bond acceptors (Lipinski definition) is 2. The van der Waals surface area contributed by atoms with Crippen LogP contribution in [0, 0.1) is 0 Å². The van der Waals surface area contributed by atoms with Gasteiger partial charge >= 0.3 is 0 Å². The minimum absolute atomic E-state index is 0.163. The molecule has 0 aliphatic carbocycles. The topological polar surface area (TPSA) is 39.3 Å². The Kier molecular flexibility index (Phi) is 4.62. The molecule has 25 heavy (non-hydrogen) atoms. The maximum atomic E-state index is 11.8. The van der Waals surface area contributed by atoms with Crippen molar-refractivity contribution in [3.8, 4) is 0 Å². The smallest absolute Gasteiger partial charge is 0.223 e. The number of hydrogen-bond donors (Lipinski definition) is 1. The molecule has 132 valence electrons. The van der Waals surface area contributed by atoms with Crippen LogP contribution in [-0.2, 0) is 11.3 Å². The molecule has 4 nitrogen and oxygen atoms in total. The molecule has 1 N–H and O–H groups in total. The van der Waals surface area contributed by atoms with Crippen molar-refractivity contribution in [2.24, 2.45) is 0 Å². The number of rotatable bonds is 3. The van der Waals surface area contributed by atoms with Crippen molar-refractivity contribution in [3.63, 3.8) is 0 Å². The van der Waals surface area contributed by atoms with Crippen molar-refractivity contribution < 1.29 is 4.79 Å². The predicted molar refractivity (Wildman–Crippen MR) is 101 cm³/mol. The SMILES string of the molecule is CC(=O)N1C=C([C@H]2CCCCN2Cc2c[nH]c3ccccc23)CCC1. The summed E-state index contributed by atoms with van der Waals surface area (Å²) in [5.74, 6) is 0.163. The average molecular weight is 337 g/mol. The van der Waals surface area contributed by atoms with Gasteiger partial charge in [-0.25, -0.2) is 0 Å². The lowest BCUT2D eigenvalue weighted by Gasteiger charge is -2.39. The highest BCUT2D eigenvalue weighted by Gasteiger charge is 2.28. The summed E-state index contributed by atoms with van der Waals surface area (Å²) >= 11 is 0. The van der Waals surface area contributed by atoms with Gasteiger partial charge in [-0.3, -0.25) is 9.69 Å². The normalized spacial score (nSPS) is 22.2. The Morgan fingerprint density at radius 3 is 2.96 bits per heavy atom. The first-order valence-electron chi connectivity index (χ1n) is 9.49. The number of H-pyrrole nitrogens is 1. The van der Waals surface area contributed by atoms with E-state index in [1.54, 1.807) is 6.92 Å². The molecular formula is C21H27N3O. The second-order valence-electron chi connectivity index (χ2n) is 7.36. The Balaban J connectivity index is 1.58. The highest BCUT2D eigenvalue weighted by atomic mass is 16.2. The summed E-state index contributed by atoms with van der Waals surface area (Å²) in [7, 11) is 0. The number of fused-ring (bicyclic) bond motifs is 1. The average Bonchev–Trinajstić information content (AvgIpc) is 3.05. The summed E-state index contributed by atoms with van der Waals surface area (Å²) in [6.45, 7) is 4.66. The Hall–Kier alpha value is -2.07. The van der Waals surface area contributed by atoms with Gasteiger partial charge in [-0.05, 0) is 49.4 Å². The van der Waals surface area contributed by atoms with E-state index in [9.17, 15) is 4.79 Å². The molecule has 0 unspecified atom stereocenters. The van der Waals surface area contributed by atoms with Gasteiger partial charge < -0.3 is 9.88 Å². The molecule has 1 aromatic heterocycles. The van der Waals surface area contributed by atoms with Crippen molar-refractivity contribution >= 4 is 16.8 Å². The van der Waals surface area contributed by atoms with E-state index < -0.39 is 0 Å². The highest BCUT2D eigenvalue weighted by Crippen LogP contribution is 2.31. The first kappa shape index (κ1) is 16.4. The molecule has 2 aliphatic heterocycles. The number of aromatic amines is 1. The minimum Gasteiger partial charge on any atom is -0.361 e. The molecule has 1 amide bonds. The van der Waals surface area contributed by atoms with Crippen molar-refractivity contribution in [3.05, 3.63) is 47.8 Å². The number of piperidine rings is 1. The molecule has 1 fully saturated rings. The van der Waals surface area contributed by atoms with E-state index in [1.165, 1.54) is 41.3 Å². The summed E-state index contributed by atoms with van der Waals surface area (Å²) in [6.07, 6.45) is 10.3. The third kappa shape index (κ3) is 3.36. The second kappa shape index (κ2) is 7.04. The van der Waals surface area contributed by atoms with Gasteiger partial charge in [-0.1, -0.05) is 24.6 Å². The lowest BCUT2D eigenvalue weighted by atomic mass is 9.91. The molecule has 2 aliphatic rings. The molecule has 2 aromatic rings. The summed E-state index contributed by atoms with van der Waals surface area (Å²) in [5.41, 5.74) is 4.04. The number of aromatic nitrogens is 1. The number of carbonyl (C=O) groups is 1. The first-order chi connectivity index (χ1) is 12.2. The maximum absolute atomic E-state index is 11.8. The Bertz CT molecular complexity index is 791. The maximum Gasteiger partial charge on any atom is 0.223 e. The van der Waals surface area contributed by atoms with E-state index in [0.29, 0.717) is 6.04 Å². The Morgan fingerprint density at radius 1 is 1.20 bits per heavy atom. The zero-order valence-electron chi connectivity index (χ0n) is 15.0. The molecule has 4 rings (SSSR count). The summed E-state index contributed by atoms with van der Waals surface area (Å²) in [6, 6.07) is 9.01. The van der Waals surface area contributed by atoms with Crippen molar-refractivity contribution in [2.45, 2.75) is 51.6 Å². The van der Waals surface area contributed by atoms with Crippen molar-refractivity contribution in [1.82, 2.24) is 14.8 Å². The second-order valence-corrected chi connectivity index (χ2v) is 7.36. The number of nitrogens with zero attached hydrogens (tertiary/aromatic N) is 2. The van der Waals surface area contributed by atoms with Crippen LogP contribution in [0.3, 0.4) is 0 Å². The van der Waals surface area contributed by atoms with Gasteiger partial charge in [-0.15, -0.1) is 0 Å². The molecule has 3 heterocycles. The van der Waals surface area contributed by atoms with E-state index >= 15 is 0 Å². The molecule has 1 saturated heterocycles. The fourth-order valence-corrected chi connectivity index (χ4v) is 4.37. The summed E-state index contributed by atoms with van der Waals surface area (Å²) in [4.78, 5) is 19.7. The Labute approximate surface area is 149 Å². The summed E-state index contributed by atoms with van der Waals surface area (Å²) in [5, 5.41) is 1.33. The van der Waals surface area contributed by atoms with E-state index in [0.717, 1.165) is 32.5 Å². The molecule has 0 radical (unpaired) electrons. The molecule has 0 bridgehead atoms. The standard InChI is InChI=1S/C21H27N3O/c1-16(25)23-12-6-7-17(14-23)21-10-4-5-11-24(21)15-18-13-22-20-9-3-2-8-19(18)20/h2-3,8-9,13-14,21-22H,4-7,10-12,15H2,1H3/t21-/m1/s1. The Morgan fingerprint density at radius 2 is 2.08 bits per heavy atom. The van der Waals surface area contributed by atoms with Crippen LogP contribution in [0.1, 0.15) is 44.6 Å². The van der Waals surface area contributed by atoms with Crippen LogP contribution in [0.5, 0.6) is 0 Å². The molecule has 4 heteroatoms. The van der Waals surface area contributed by atoms with E-state index in [4.69, 9.17) is 0 Å².